The van der Waals surface area contributed by atoms with E-state index < -0.39 is 0 Å². The number of rotatable bonds is 6. The van der Waals surface area contributed by atoms with Gasteiger partial charge in [-0.1, -0.05) is 0 Å². The molecule has 1 aliphatic heterocycles. The number of H-pyrrole nitrogens is 1. The second-order valence-corrected chi connectivity index (χ2v) is 14.3. The number of aromatic nitrogens is 4. The number of nitrogens with two attached hydrogens (primary N) is 2. The summed E-state index contributed by atoms with van der Waals surface area (Å²) in [6.07, 6.45) is 12.0. The number of hydrogen-bond donors (Lipinski definition) is 3. The number of nitrogen functional groups attached to an aromatic ring is 2. The summed E-state index contributed by atoms with van der Waals surface area (Å²) in [5, 5.41) is 1.13. The highest BCUT2D eigenvalue weighted by atomic mass is 127. The fourth-order valence-electron chi connectivity index (χ4n) is 3.34. The van der Waals surface area contributed by atoms with E-state index in [-0.39, 0.29) is 18.3 Å². The molecule has 10 nitrogen and oxygen atoms in total. The van der Waals surface area contributed by atoms with Gasteiger partial charge in [-0.25, -0.2) is 15.0 Å². The molecule has 0 radical (unpaired) electrons. The van der Waals surface area contributed by atoms with Crippen molar-refractivity contribution in [1.29, 1.82) is 0 Å². The molecule has 1 saturated heterocycles. The van der Waals surface area contributed by atoms with Gasteiger partial charge < -0.3 is 35.2 Å². The number of aromatic amines is 1. The molecule has 248 valence electrons. The van der Waals surface area contributed by atoms with E-state index in [4.69, 9.17) is 30.2 Å². The summed E-state index contributed by atoms with van der Waals surface area (Å²) in [5.74, 6) is 2.87. The molecular weight excluding hydrogens is 898 g/mol. The molecule has 0 aliphatic carbocycles. The highest BCUT2D eigenvalue weighted by molar-refractivity contribution is 14.1. The second kappa shape index (κ2) is 19.6. The quantitative estimate of drug-likeness (QED) is 0.0981. The van der Waals surface area contributed by atoms with Gasteiger partial charge in [-0.2, -0.15) is 0 Å². The number of nitrogens with one attached hydrogen (secondary N) is 1. The minimum absolute atomic E-state index is 0.270. The van der Waals surface area contributed by atoms with Crippen LogP contribution in [0.1, 0.15) is 47.1 Å². The van der Waals surface area contributed by atoms with E-state index in [1.54, 1.807) is 43.2 Å². The SMILES string of the molecule is Brc1cnc2[nH]ccc2c1.CCO/C=C/B1OC(C)(C)C(C)(C)O1.CCO/C=C/c1cc(Br)cnc1N.Nc1ncc(Br)cc1I. The van der Waals surface area contributed by atoms with Crippen LogP contribution in [-0.2, 0) is 18.8 Å². The minimum Gasteiger partial charge on any atom is -0.502 e. The van der Waals surface area contributed by atoms with E-state index in [0.29, 0.717) is 24.8 Å². The molecule has 5 heterocycles. The van der Waals surface area contributed by atoms with Gasteiger partial charge in [0.2, 0.25) is 0 Å². The van der Waals surface area contributed by atoms with Gasteiger partial charge in [-0.05, 0) is 148 Å². The Morgan fingerprint density at radius 3 is 1.98 bits per heavy atom. The number of hydrogen-bond acceptors (Lipinski definition) is 9. The zero-order valence-electron chi connectivity index (χ0n) is 26.6. The molecule has 0 bridgehead atoms. The van der Waals surface area contributed by atoms with E-state index >= 15 is 0 Å². The Balaban J connectivity index is 0.000000216. The van der Waals surface area contributed by atoms with Crippen LogP contribution in [0.2, 0.25) is 0 Å². The predicted octanol–water partition coefficient (Wildman–Crippen LogP) is 8.96. The largest absolute Gasteiger partial charge is 0.502 e. The lowest BCUT2D eigenvalue weighted by molar-refractivity contribution is 0.00578. The maximum Gasteiger partial charge on any atom is 0.490 e. The van der Waals surface area contributed by atoms with Gasteiger partial charge in [0.15, 0.2) is 0 Å². The van der Waals surface area contributed by atoms with Crippen molar-refractivity contribution in [3.05, 3.63) is 90.1 Å². The van der Waals surface area contributed by atoms with Gasteiger partial charge >= 0.3 is 7.12 Å². The maximum absolute atomic E-state index is 5.72. The number of anilines is 2. The number of halogens is 4. The molecule has 15 heteroatoms. The third-order valence-corrected chi connectivity index (χ3v) is 8.56. The molecule has 0 spiro atoms. The maximum atomic E-state index is 5.72. The van der Waals surface area contributed by atoms with Gasteiger partial charge in [-0.3, -0.25) is 0 Å². The normalized spacial score (nSPS) is 14.6. The van der Waals surface area contributed by atoms with Crippen LogP contribution in [0, 0.1) is 3.57 Å². The Morgan fingerprint density at radius 2 is 1.39 bits per heavy atom. The third kappa shape index (κ3) is 13.5. The van der Waals surface area contributed by atoms with E-state index in [9.17, 15) is 0 Å². The summed E-state index contributed by atoms with van der Waals surface area (Å²) < 4.78 is 25.4. The van der Waals surface area contributed by atoms with Gasteiger partial charge in [0.1, 0.15) is 17.3 Å². The Bertz CT molecular complexity index is 1570. The van der Waals surface area contributed by atoms with Crippen molar-refractivity contribution in [2.45, 2.75) is 52.7 Å². The zero-order valence-corrected chi connectivity index (χ0v) is 33.5. The highest BCUT2D eigenvalue weighted by Gasteiger charge is 2.50. The fourth-order valence-corrected chi connectivity index (χ4v) is 5.27. The summed E-state index contributed by atoms with van der Waals surface area (Å²) in [4.78, 5) is 15.0. The Labute approximate surface area is 310 Å². The molecule has 46 heavy (non-hydrogen) atoms. The lowest BCUT2D eigenvalue weighted by atomic mass is 9.90. The van der Waals surface area contributed by atoms with Crippen molar-refractivity contribution in [3.63, 3.8) is 0 Å². The second-order valence-electron chi connectivity index (χ2n) is 10.4. The first kappa shape index (κ1) is 40.0. The lowest BCUT2D eigenvalue weighted by Gasteiger charge is -2.32. The number of fused-ring (bicyclic) bond motifs is 1. The summed E-state index contributed by atoms with van der Waals surface area (Å²) in [5.41, 5.74) is 12.3. The molecule has 0 amide bonds. The summed E-state index contributed by atoms with van der Waals surface area (Å²) in [6, 6.07) is 7.83. The molecule has 0 atom stereocenters. The Kier molecular flexibility index (Phi) is 17.0. The third-order valence-electron chi connectivity index (χ3n) is 6.40. The van der Waals surface area contributed by atoms with Crippen LogP contribution in [-0.4, -0.2) is 51.5 Å². The predicted molar refractivity (Wildman–Crippen MR) is 207 cm³/mol. The molecule has 5 rings (SSSR count). The Morgan fingerprint density at radius 1 is 0.848 bits per heavy atom. The molecule has 0 saturated carbocycles. The molecule has 0 aromatic carbocycles. The van der Waals surface area contributed by atoms with E-state index in [1.165, 1.54) is 0 Å². The lowest BCUT2D eigenvalue weighted by Crippen LogP contribution is -2.41. The van der Waals surface area contributed by atoms with Crippen LogP contribution in [0.5, 0.6) is 0 Å². The van der Waals surface area contributed by atoms with Crippen LogP contribution < -0.4 is 11.5 Å². The summed E-state index contributed by atoms with van der Waals surface area (Å²) >= 11 is 12.1. The first-order chi connectivity index (χ1) is 21.7. The van der Waals surface area contributed by atoms with E-state index in [0.717, 1.165) is 33.6 Å². The standard InChI is InChI=1S/C10H19BO3.C9H11BrN2O.C7H5BrN2.C5H4BrIN2/c1-6-12-8-7-11-13-9(2,3)10(4,5)14-11;1-2-13-4-3-7-5-8(10)6-12-9(7)11;8-6-3-5-1-2-9-7(5)10-4-6;6-3-1-4(7)5(8)9-2-3/h7-8H,6H2,1-5H3;3-6H,2H2,1H3,(H2,11,12);1-4H,(H,9,10);1-2H,(H2,8,9)/b8-7+;4-3+;;. The zero-order chi connectivity index (χ0) is 34.3. The molecule has 5 N–H and O–H groups in total. The Hall–Kier alpha value is -2.18. The van der Waals surface area contributed by atoms with Gasteiger partial charge in [-0.15, -0.1) is 0 Å². The van der Waals surface area contributed by atoms with Gasteiger partial charge in [0.05, 0.1) is 40.5 Å². The topological polar surface area (TPSA) is 143 Å². The first-order valence-electron chi connectivity index (χ1n) is 14.2. The molecular formula is C31H39BBr3IN6O4. The van der Waals surface area contributed by atoms with Crippen molar-refractivity contribution in [2.24, 2.45) is 0 Å². The first-order valence-corrected chi connectivity index (χ1v) is 17.6. The van der Waals surface area contributed by atoms with Gasteiger partial charge in [0.25, 0.3) is 0 Å². The average molecular weight is 937 g/mol. The monoisotopic (exact) mass is 934 g/mol. The van der Waals surface area contributed by atoms with Crippen molar-refractivity contribution in [3.8, 4) is 0 Å². The smallest absolute Gasteiger partial charge is 0.490 e. The van der Waals surface area contributed by atoms with Crippen molar-refractivity contribution in [2.75, 3.05) is 24.7 Å². The molecule has 4 aromatic heterocycles. The van der Waals surface area contributed by atoms with Crippen LogP contribution in [0.3, 0.4) is 0 Å². The van der Waals surface area contributed by atoms with Crippen LogP contribution in [0.15, 0.2) is 81.0 Å². The minimum atomic E-state index is -0.299. The van der Waals surface area contributed by atoms with Crippen LogP contribution in [0.25, 0.3) is 17.1 Å². The summed E-state index contributed by atoms with van der Waals surface area (Å²) in [6.45, 7) is 13.3. The average Bonchev–Trinajstić information content (AvgIpc) is 3.53. The molecule has 4 aromatic rings. The van der Waals surface area contributed by atoms with Crippen LogP contribution >= 0.6 is 70.4 Å². The van der Waals surface area contributed by atoms with Crippen molar-refractivity contribution >= 4 is 106 Å². The van der Waals surface area contributed by atoms with Crippen LogP contribution in [0.4, 0.5) is 11.6 Å². The highest BCUT2D eigenvalue weighted by Crippen LogP contribution is 2.36. The molecule has 1 aliphatic rings. The van der Waals surface area contributed by atoms with E-state index in [1.807, 2.05) is 72.0 Å². The number of pyridine rings is 3. The number of ether oxygens (including phenoxy) is 2. The van der Waals surface area contributed by atoms with Crippen molar-refractivity contribution < 1.29 is 18.8 Å². The van der Waals surface area contributed by atoms with E-state index in [2.05, 4.69) is 90.3 Å². The molecule has 0 unspecified atom stereocenters. The van der Waals surface area contributed by atoms with Gasteiger partial charge in [0, 0.05) is 49.2 Å². The number of nitrogens with zero attached hydrogens (tertiary/aromatic N) is 3. The fraction of sp³-hybridized carbons (Fsp3) is 0.323. The summed E-state index contributed by atoms with van der Waals surface area (Å²) in [7, 11) is -0.299. The van der Waals surface area contributed by atoms with Crippen molar-refractivity contribution in [1.82, 2.24) is 19.9 Å². The molecule has 1 fully saturated rings.